The molecule has 0 saturated heterocycles. The van der Waals surface area contributed by atoms with Crippen LogP contribution in [0.2, 0.25) is 0 Å². The van der Waals surface area contributed by atoms with Gasteiger partial charge in [-0.1, -0.05) is 12.1 Å². The van der Waals surface area contributed by atoms with Crippen LogP contribution in [0.3, 0.4) is 0 Å². The first-order valence-corrected chi connectivity index (χ1v) is 6.49. The zero-order valence-corrected chi connectivity index (χ0v) is 11.7. The topological polar surface area (TPSA) is 67.3 Å². The average Bonchev–Trinajstić information content (AvgIpc) is 2.49. The van der Waals surface area contributed by atoms with Crippen LogP contribution in [0.4, 0.5) is 0 Å². The van der Waals surface area contributed by atoms with E-state index in [1.54, 1.807) is 19.5 Å². The Morgan fingerprint density at radius 2 is 2.15 bits per heavy atom. The third-order valence-corrected chi connectivity index (χ3v) is 2.96. The zero-order valence-electron chi connectivity index (χ0n) is 11.7. The molecule has 0 spiro atoms. The molecule has 1 aromatic carbocycles. The number of aliphatic hydroxyl groups excluding tert-OH is 1. The number of hydrogen-bond acceptors (Lipinski definition) is 5. The van der Waals surface area contributed by atoms with Gasteiger partial charge in [0.05, 0.1) is 24.6 Å². The van der Waals surface area contributed by atoms with Gasteiger partial charge >= 0.3 is 0 Å². The molecule has 0 fully saturated rings. The van der Waals surface area contributed by atoms with Crippen LogP contribution in [0.1, 0.15) is 23.1 Å². The van der Waals surface area contributed by atoms with Gasteiger partial charge in [-0.15, -0.1) is 0 Å². The average molecular weight is 273 g/mol. The van der Waals surface area contributed by atoms with E-state index in [4.69, 9.17) is 4.74 Å². The number of nitrogens with zero attached hydrogens (tertiary/aromatic N) is 2. The van der Waals surface area contributed by atoms with Gasteiger partial charge in [-0.3, -0.25) is 9.97 Å². The summed E-state index contributed by atoms with van der Waals surface area (Å²) in [6.07, 6.45) is 2.89. The van der Waals surface area contributed by atoms with Crippen molar-refractivity contribution >= 4 is 0 Å². The maximum absolute atomic E-state index is 10.1. The fourth-order valence-corrected chi connectivity index (χ4v) is 1.81. The van der Waals surface area contributed by atoms with Crippen LogP contribution in [0.25, 0.3) is 0 Å². The molecule has 106 valence electrons. The van der Waals surface area contributed by atoms with Crippen molar-refractivity contribution < 1.29 is 9.84 Å². The molecule has 1 atom stereocenters. The normalized spacial score (nSPS) is 12.2. The summed E-state index contributed by atoms with van der Waals surface area (Å²) in [6, 6.07) is 7.42. The number of aryl methyl sites for hydroxylation is 1. The Kier molecular flexibility index (Phi) is 5.03. The summed E-state index contributed by atoms with van der Waals surface area (Å²) in [5, 5.41) is 13.3. The van der Waals surface area contributed by atoms with Crippen molar-refractivity contribution in [1.29, 1.82) is 0 Å². The predicted molar refractivity (Wildman–Crippen MR) is 76.4 cm³/mol. The van der Waals surface area contributed by atoms with E-state index in [9.17, 15) is 5.11 Å². The van der Waals surface area contributed by atoms with Gasteiger partial charge in [0.25, 0.3) is 0 Å². The number of nitrogens with one attached hydrogen (secondary N) is 1. The third kappa shape index (κ3) is 4.01. The minimum absolute atomic E-state index is 0.447. The molecule has 5 heteroatoms. The van der Waals surface area contributed by atoms with E-state index in [-0.39, 0.29) is 0 Å². The van der Waals surface area contributed by atoms with Crippen LogP contribution < -0.4 is 10.1 Å². The zero-order chi connectivity index (χ0) is 14.4. The minimum atomic E-state index is -0.580. The van der Waals surface area contributed by atoms with Crippen molar-refractivity contribution in [3.8, 4) is 5.75 Å². The van der Waals surface area contributed by atoms with Crippen molar-refractivity contribution in [2.45, 2.75) is 19.6 Å². The van der Waals surface area contributed by atoms with Gasteiger partial charge in [0.2, 0.25) is 0 Å². The van der Waals surface area contributed by atoms with Gasteiger partial charge in [0.15, 0.2) is 0 Å². The van der Waals surface area contributed by atoms with E-state index in [2.05, 4.69) is 15.3 Å². The maximum atomic E-state index is 10.1. The quantitative estimate of drug-likeness (QED) is 0.837. The summed E-state index contributed by atoms with van der Waals surface area (Å²) >= 11 is 0. The molecule has 0 amide bonds. The number of benzene rings is 1. The first kappa shape index (κ1) is 14.4. The lowest BCUT2D eigenvalue weighted by atomic mass is 10.1. The van der Waals surface area contributed by atoms with Crippen LogP contribution >= 0.6 is 0 Å². The molecule has 0 bridgehead atoms. The monoisotopic (exact) mass is 273 g/mol. The second kappa shape index (κ2) is 6.98. The molecular formula is C15H19N3O2. The van der Waals surface area contributed by atoms with E-state index < -0.39 is 6.10 Å². The van der Waals surface area contributed by atoms with Crippen LogP contribution in [-0.2, 0) is 6.54 Å². The van der Waals surface area contributed by atoms with E-state index in [1.165, 1.54) is 0 Å². The van der Waals surface area contributed by atoms with Crippen molar-refractivity contribution in [3.05, 3.63) is 53.6 Å². The highest BCUT2D eigenvalue weighted by Gasteiger charge is 2.08. The second-order valence-electron chi connectivity index (χ2n) is 4.57. The van der Waals surface area contributed by atoms with Gasteiger partial charge in [0, 0.05) is 25.5 Å². The Morgan fingerprint density at radius 3 is 2.85 bits per heavy atom. The second-order valence-corrected chi connectivity index (χ2v) is 4.57. The lowest BCUT2D eigenvalue weighted by Crippen LogP contribution is -2.21. The fraction of sp³-hybridized carbons (Fsp3) is 0.333. The number of methoxy groups -OCH3 is 1. The van der Waals surface area contributed by atoms with Crippen molar-refractivity contribution in [2.24, 2.45) is 0 Å². The Labute approximate surface area is 118 Å². The van der Waals surface area contributed by atoms with E-state index in [0.29, 0.717) is 13.1 Å². The molecule has 1 unspecified atom stereocenters. The summed E-state index contributed by atoms with van der Waals surface area (Å²) in [5.74, 6) is 0.742. The van der Waals surface area contributed by atoms with Crippen molar-refractivity contribution in [3.63, 3.8) is 0 Å². The molecule has 0 aliphatic heterocycles. The number of ether oxygens (including phenoxy) is 1. The molecule has 0 aliphatic carbocycles. The predicted octanol–water partition coefficient (Wildman–Crippen LogP) is 1.62. The minimum Gasteiger partial charge on any atom is -0.497 e. The Balaban J connectivity index is 1.85. The molecule has 20 heavy (non-hydrogen) atoms. The molecule has 1 heterocycles. The van der Waals surface area contributed by atoms with Crippen molar-refractivity contribution in [1.82, 2.24) is 15.3 Å². The summed E-state index contributed by atoms with van der Waals surface area (Å²) in [7, 11) is 1.61. The largest absolute Gasteiger partial charge is 0.497 e. The smallest absolute Gasteiger partial charge is 0.119 e. The lowest BCUT2D eigenvalue weighted by Gasteiger charge is -2.13. The Bertz CT molecular complexity index is 543. The molecular weight excluding hydrogens is 254 g/mol. The summed E-state index contributed by atoms with van der Waals surface area (Å²) in [5.41, 5.74) is 2.57. The van der Waals surface area contributed by atoms with Gasteiger partial charge in [-0.2, -0.15) is 0 Å². The van der Waals surface area contributed by atoms with Gasteiger partial charge in [-0.05, 0) is 24.6 Å². The summed E-state index contributed by atoms with van der Waals surface area (Å²) in [4.78, 5) is 8.42. The number of aromatic nitrogens is 2. The molecule has 2 N–H and O–H groups in total. The molecule has 0 saturated carbocycles. The van der Waals surface area contributed by atoms with Crippen LogP contribution in [0.15, 0.2) is 36.7 Å². The molecule has 1 aromatic heterocycles. The molecule has 0 radical (unpaired) electrons. The van der Waals surface area contributed by atoms with E-state index >= 15 is 0 Å². The molecule has 2 aromatic rings. The SMILES string of the molecule is COc1cccc(C(O)CNCc2cnc(C)cn2)c1. The van der Waals surface area contributed by atoms with Gasteiger partial charge < -0.3 is 15.2 Å². The summed E-state index contributed by atoms with van der Waals surface area (Å²) in [6.45, 7) is 2.92. The first-order chi connectivity index (χ1) is 9.69. The fourth-order valence-electron chi connectivity index (χ4n) is 1.81. The van der Waals surface area contributed by atoms with E-state index in [1.807, 2.05) is 31.2 Å². The highest BCUT2D eigenvalue weighted by Crippen LogP contribution is 2.18. The first-order valence-electron chi connectivity index (χ1n) is 6.49. The van der Waals surface area contributed by atoms with Gasteiger partial charge in [-0.25, -0.2) is 0 Å². The van der Waals surface area contributed by atoms with Crippen molar-refractivity contribution in [2.75, 3.05) is 13.7 Å². The standard InChI is InChI=1S/C15H19N3O2/c1-11-7-18-13(9-17-11)8-16-10-15(19)12-4-3-5-14(6-12)20-2/h3-7,9,15-16,19H,8,10H2,1-2H3. The highest BCUT2D eigenvalue weighted by atomic mass is 16.5. The Morgan fingerprint density at radius 1 is 1.30 bits per heavy atom. The highest BCUT2D eigenvalue weighted by molar-refractivity contribution is 5.29. The number of hydrogen-bond donors (Lipinski definition) is 2. The van der Waals surface area contributed by atoms with Crippen LogP contribution in [0, 0.1) is 6.92 Å². The summed E-state index contributed by atoms with van der Waals surface area (Å²) < 4.78 is 5.14. The maximum Gasteiger partial charge on any atom is 0.119 e. The number of rotatable bonds is 6. The molecule has 2 rings (SSSR count). The molecule has 5 nitrogen and oxygen atoms in total. The number of aliphatic hydroxyl groups is 1. The molecule has 0 aliphatic rings. The van der Waals surface area contributed by atoms with E-state index in [0.717, 1.165) is 22.7 Å². The Hall–Kier alpha value is -1.98. The lowest BCUT2D eigenvalue weighted by molar-refractivity contribution is 0.174. The third-order valence-electron chi connectivity index (χ3n) is 2.96. The van der Waals surface area contributed by atoms with Crippen LogP contribution in [-0.4, -0.2) is 28.7 Å². The van der Waals surface area contributed by atoms with Gasteiger partial charge in [0.1, 0.15) is 5.75 Å². The van der Waals surface area contributed by atoms with Crippen LogP contribution in [0.5, 0.6) is 5.75 Å².